The number of hydrogen-bond acceptors (Lipinski definition) is 5. The molecule has 150 valence electrons. The van der Waals surface area contributed by atoms with Crippen LogP contribution in [0.25, 0.3) is 0 Å². The van der Waals surface area contributed by atoms with Crippen molar-refractivity contribution >= 4 is 28.8 Å². The standard InChI is InChI=1S/C20H25FN4O2S/c1-15(18-6-3-11-28-18)22-19(26)13-24-7-9-25(10-8-24)14-20(27)23-17-5-2-4-16(21)12-17/h2-6,11-12,15H,7-10,13-14H2,1H3,(H,22,26)(H,23,27)/t15-/m1/s1. The Morgan fingerprint density at radius 3 is 2.36 bits per heavy atom. The van der Waals surface area contributed by atoms with Crippen LogP contribution in [-0.2, 0) is 9.59 Å². The van der Waals surface area contributed by atoms with Crippen molar-refractivity contribution in [2.75, 3.05) is 44.6 Å². The molecule has 6 nitrogen and oxygen atoms in total. The maximum atomic E-state index is 13.2. The summed E-state index contributed by atoms with van der Waals surface area (Å²) in [6, 6.07) is 9.87. The van der Waals surface area contributed by atoms with Gasteiger partial charge in [0.25, 0.3) is 0 Å². The Morgan fingerprint density at radius 2 is 1.75 bits per heavy atom. The first kappa shape index (κ1) is 20.4. The van der Waals surface area contributed by atoms with Gasteiger partial charge in [-0.05, 0) is 36.6 Å². The highest BCUT2D eigenvalue weighted by atomic mass is 32.1. The van der Waals surface area contributed by atoms with E-state index in [2.05, 4.69) is 15.5 Å². The molecule has 0 spiro atoms. The molecule has 2 N–H and O–H groups in total. The molecule has 3 rings (SSSR count). The van der Waals surface area contributed by atoms with Crippen LogP contribution in [0.5, 0.6) is 0 Å². The van der Waals surface area contributed by atoms with Crippen molar-refractivity contribution in [1.82, 2.24) is 15.1 Å². The summed E-state index contributed by atoms with van der Waals surface area (Å²) in [6.07, 6.45) is 0. The number of benzene rings is 1. The number of nitrogens with one attached hydrogen (secondary N) is 2. The maximum Gasteiger partial charge on any atom is 0.238 e. The first-order valence-corrected chi connectivity index (χ1v) is 10.2. The third kappa shape index (κ3) is 6.12. The Kier molecular flexibility index (Phi) is 7.13. The van der Waals surface area contributed by atoms with Crippen molar-refractivity contribution in [2.24, 2.45) is 0 Å². The number of nitrogens with zero attached hydrogens (tertiary/aromatic N) is 2. The Hall–Kier alpha value is -2.29. The number of anilines is 1. The quantitative estimate of drug-likeness (QED) is 0.743. The smallest absolute Gasteiger partial charge is 0.238 e. The molecule has 1 aliphatic rings. The van der Waals surface area contributed by atoms with Crippen molar-refractivity contribution in [1.29, 1.82) is 0 Å². The summed E-state index contributed by atoms with van der Waals surface area (Å²) >= 11 is 1.63. The first-order valence-electron chi connectivity index (χ1n) is 9.32. The van der Waals surface area contributed by atoms with Crippen molar-refractivity contribution < 1.29 is 14.0 Å². The molecule has 1 atom stereocenters. The van der Waals surface area contributed by atoms with E-state index >= 15 is 0 Å². The van der Waals surface area contributed by atoms with Crippen LogP contribution in [0, 0.1) is 5.82 Å². The van der Waals surface area contributed by atoms with E-state index in [-0.39, 0.29) is 30.2 Å². The summed E-state index contributed by atoms with van der Waals surface area (Å²) in [7, 11) is 0. The molecule has 0 aliphatic carbocycles. The van der Waals surface area contributed by atoms with Crippen molar-refractivity contribution in [3.63, 3.8) is 0 Å². The molecule has 28 heavy (non-hydrogen) atoms. The largest absolute Gasteiger partial charge is 0.348 e. The fourth-order valence-electron chi connectivity index (χ4n) is 3.17. The lowest BCUT2D eigenvalue weighted by Crippen LogP contribution is -2.51. The average molecular weight is 405 g/mol. The van der Waals surface area contributed by atoms with Gasteiger partial charge in [-0.2, -0.15) is 0 Å². The zero-order valence-electron chi connectivity index (χ0n) is 15.9. The number of carbonyl (C=O) groups excluding carboxylic acids is 2. The summed E-state index contributed by atoms with van der Waals surface area (Å²) in [5.74, 6) is -0.530. The Balaban J connectivity index is 1.37. The summed E-state index contributed by atoms with van der Waals surface area (Å²) in [5.41, 5.74) is 0.458. The van der Waals surface area contributed by atoms with E-state index in [1.807, 2.05) is 29.3 Å². The van der Waals surface area contributed by atoms with Crippen LogP contribution >= 0.6 is 11.3 Å². The normalized spacial score (nSPS) is 16.5. The molecule has 1 fully saturated rings. The Morgan fingerprint density at radius 1 is 1.07 bits per heavy atom. The van der Waals surface area contributed by atoms with E-state index in [0.717, 1.165) is 18.0 Å². The highest BCUT2D eigenvalue weighted by Gasteiger charge is 2.21. The monoisotopic (exact) mass is 404 g/mol. The molecular formula is C20H25FN4O2S. The third-order valence-electron chi connectivity index (χ3n) is 4.66. The lowest BCUT2D eigenvalue weighted by molar-refractivity contribution is -0.124. The summed E-state index contributed by atoms with van der Waals surface area (Å²) < 4.78 is 13.2. The van der Waals surface area contributed by atoms with E-state index in [1.165, 1.54) is 12.1 Å². The molecule has 1 saturated heterocycles. The van der Waals surface area contributed by atoms with Gasteiger partial charge < -0.3 is 10.6 Å². The molecule has 0 saturated carbocycles. The molecule has 1 aliphatic heterocycles. The lowest BCUT2D eigenvalue weighted by Gasteiger charge is -2.34. The number of amides is 2. The molecule has 0 radical (unpaired) electrons. The first-order chi connectivity index (χ1) is 13.5. The Labute approximate surface area is 168 Å². The minimum Gasteiger partial charge on any atom is -0.348 e. The molecule has 8 heteroatoms. The fourth-order valence-corrected chi connectivity index (χ4v) is 3.91. The number of halogens is 1. The van der Waals surface area contributed by atoms with E-state index in [4.69, 9.17) is 0 Å². The van der Waals surface area contributed by atoms with Gasteiger partial charge in [-0.25, -0.2) is 4.39 Å². The van der Waals surface area contributed by atoms with Crippen LogP contribution in [0.2, 0.25) is 0 Å². The van der Waals surface area contributed by atoms with E-state index in [0.29, 0.717) is 25.3 Å². The second-order valence-corrected chi connectivity index (χ2v) is 7.89. The van der Waals surface area contributed by atoms with Gasteiger partial charge in [0.1, 0.15) is 5.82 Å². The van der Waals surface area contributed by atoms with Crippen molar-refractivity contribution in [3.05, 3.63) is 52.5 Å². The van der Waals surface area contributed by atoms with Gasteiger partial charge in [0, 0.05) is 36.7 Å². The van der Waals surface area contributed by atoms with Gasteiger partial charge in [-0.3, -0.25) is 19.4 Å². The van der Waals surface area contributed by atoms with Gasteiger partial charge in [0.05, 0.1) is 19.1 Å². The number of piperazine rings is 1. The van der Waals surface area contributed by atoms with Crippen LogP contribution in [0.3, 0.4) is 0 Å². The van der Waals surface area contributed by atoms with Gasteiger partial charge in [-0.1, -0.05) is 12.1 Å². The SMILES string of the molecule is C[C@@H](NC(=O)CN1CCN(CC(=O)Nc2cccc(F)c2)CC1)c1cccs1. The van der Waals surface area contributed by atoms with E-state index in [1.54, 1.807) is 23.5 Å². The minimum atomic E-state index is -0.377. The molecule has 1 aromatic heterocycles. The minimum absolute atomic E-state index is 0.0122. The zero-order chi connectivity index (χ0) is 19.9. The van der Waals surface area contributed by atoms with Gasteiger partial charge in [0.15, 0.2) is 0 Å². The predicted molar refractivity (Wildman–Crippen MR) is 109 cm³/mol. The average Bonchev–Trinajstić information content (AvgIpc) is 3.18. The van der Waals surface area contributed by atoms with Gasteiger partial charge in [-0.15, -0.1) is 11.3 Å². The lowest BCUT2D eigenvalue weighted by atomic mass is 10.2. The summed E-state index contributed by atoms with van der Waals surface area (Å²) in [5, 5.41) is 7.74. The molecule has 1 aromatic carbocycles. The van der Waals surface area contributed by atoms with Crippen LogP contribution in [0.1, 0.15) is 17.8 Å². The number of thiophene rings is 1. The van der Waals surface area contributed by atoms with Crippen LogP contribution in [0.15, 0.2) is 41.8 Å². The van der Waals surface area contributed by atoms with Gasteiger partial charge >= 0.3 is 0 Å². The third-order valence-corrected chi connectivity index (χ3v) is 5.71. The zero-order valence-corrected chi connectivity index (χ0v) is 16.7. The number of rotatable bonds is 7. The highest BCUT2D eigenvalue weighted by molar-refractivity contribution is 7.10. The molecule has 0 bridgehead atoms. The maximum absolute atomic E-state index is 13.2. The molecule has 2 amide bonds. The molecule has 0 unspecified atom stereocenters. The second kappa shape index (κ2) is 9.77. The van der Waals surface area contributed by atoms with Crippen molar-refractivity contribution in [3.8, 4) is 0 Å². The van der Waals surface area contributed by atoms with Crippen LogP contribution in [-0.4, -0.2) is 60.9 Å². The molecular weight excluding hydrogens is 379 g/mol. The second-order valence-electron chi connectivity index (χ2n) is 6.92. The summed E-state index contributed by atoms with van der Waals surface area (Å²) in [4.78, 5) is 29.7. The van der Waals surface area contributed by atoms with Gasteiger partial charge in [0.2, 0.25) is 11.8 Å². The summed E-state index contributed by atoms with van der Waals surface area (Å²) in [6.45, 7) is 5.49. The fraction of sp³-hybridized carbons (Fsp3) is 0.400. The predicted octanol–water partition coefficient (Wildman–Crippen LogP) is 2.32. The van der Waals surface area contributed by atoms with Crippen LogP contribution < -0.4 is 10.6 Å². The Bertz CT molecular complexity index is 791. The van der Waals surface area contributed by atoms with Crippen LogP contribution in [0.4, 0.5) is 10.1 Å². The van der Waals surface area contributed by atoms with Crippen molar-refractivity contribution in [2.45, 2.75) is 13.0 Å². The molecule has 2 heterocycles. The number of carbonyl (C=O) groups is 2. The van der Waals surface area contributed by atoms with E-state index in [9.17, 15) is 14.0 Å². The number of hydrogen-bond donors (Lipinski definition) is 2. The molecule has 2 aromatic rings. The van der Waals surface area contributed by atoms with E-state index < -0.39 is 0 Å². The topological polar surface area (TPSA) is 64.7 Å². The highest BCUT2D eigenvalue weighted by Crippen LogP contribution is 2.18.